The topological polar surface area (TPSA) is 44.8 Å². The predicted molar refractivity (Wildman–Crippen MR) is 108 cm³/mol. The van der Waals surface area contributed by atoms with Gasteiger partial charge in [0.05, 0.1) is 13.2 Å². The molecule has 4 rings (SSSR count). The fraction of sp³-hybridized carbons (Fsp3) is 0.409. The number of carbonyl (C=O) groups excluding carboxylic acids is 1. The van der Waals surface area contributed by atoms with Gasteiger partial charge in [0.15, 0.2) is 0 Å². The Morgan fingerprint density at radius 1 is 0.889 bits per heavy atom. The smallest absolute Gasteiger partial charge is 0.249 e. The van der Waals surface area contributed by atoms with Gasteiger partial charge in [-0.3, -0.25) is 4.79 Å². The zero-order valence-corrected chi connectivity index (χ0v) is 15.6. The van der Waals surface area contributed by atoms with Gasteiger partial charge in [-0.05, 0) is 42.7 Å². The predicted octanol–water partition coefficient (Wildman–Crippen LogP) is 3.30. The lowest BCUT2D eigenvalue weighted by atomic mass is 10.0. The van der Waals surface area contributed by atoms with E-state index in [2.05, 4.69) is 34.5 Å². The molecule has 0 saturated carbocycles. The third kappa shape index (κ3) is 4.25. The van der Waals surface area contributed by atoms with Crippen LogP contribution in [-0.2, 0) is 9.53 Å². The molecule has 1 atom stereocenters. The molecule has 1 amide bonds. The van der Waals surface area contributed by atoms with Gasteiger partial charge in [0.25, 0.3) is 0 Å². The third-order valence-electron chi connectivity index (χ3n) is 5.35. The summed E-state index contributed by atoms with van der Waals surface area (Å²) in [5.41, 5.74) is 3.21. The van der Waals surface area contributed by atoms with Gasteiger partial charge in [0, 0.05) is 37.6 Å². The number of ether oxygens (including phenoxy) is 1. The zero-order valence-electron chi connectivity index (χ0n) is 15.6. The molecule has 1 N–H and O–H groups in total. The Hall–Kier alpha value is -2.53. The molecule has 2 aromatic rings. The molecule has 142 valence electrons. The van der Waals surface area contributed by atoms with Gasteiger partial charge in [-0.1, -0.05) is 30.3 Å². The summed E-state index contributed by atoms with van der Waals surface area (Å²) >= 11 is 0. The Balaban J connectivity index is 1.52. The number of hydrogen-bond acceptors (Lipinski definition) is 4. The highest BCUT2D eigenvalue weighted by Crippen LogP contribution is 2.26. The molecule has 2 aliphatic rings. The molecule has 0 aliphatic carbocycles. The van der Waals surface area contributed by atoms with Crippen molar-refractivity contribution in [1.82, 2.24) is 4.90 Å². The lowest BCUT2D eigenvalue weighted by molar-refractivity contribution is -0.136. The summed E-state index contributed by atoms with van der Waals surface area (Å²) in [4.78, 5) is 17.5. The van der Waals surface area contributed by atoms with Crippen LogP contribution in [0.1, 0.15) is 24.4 Å². The first-order chi connectivity index (χ1) is 13.3. The van der Waals surface area contributed by atoms with E-state index >= 15 is 0 Å². The standard InChI is InChI=1S/C22H27N3O2/c26-22(25-14-16-27-17-15-25)21(18-6-2-1-3-7-18)23-19-8-10-20(11-9-19)24-12-4-5-13-24/h1-3,6-11,21,23H,4-5,12-17H2/t21-/m1/s1. The lowest BCUT2D eigenvalue weighted by Gasteiger charge is -2.31. The number of nitrogens with zero attached hydrogens (tertiary/aromatic N) is 2. The minimum absolute atomic E-state index is 0.105. The number of rotatable bonds is 5. The van der Waals surface area contributed by atoms with E-state index in [0.29, 0.717) is 26.3 Å². The number of amides is 1. The molecule has 2 aliphatic heterocycles. The Morgan fingerprint density at radius 2 is 1.56 bits per heavy atom. The van der Waals surface area contributed by atoms with E-state index < -0.39 is 0 Å². The Kier molecular flexibility index (Phi) is 5.58. The molecule has 0 radical (unpaired) electrons. The quantitative estimate of drug-likeness (QED) is 0.883. The van der Waals surface area contributed by atoms with Crippen molar-refractivity contribution in [2.45, 2.75) is 18.9 Å². The van der Waals surface area contributed by atoms with Crippen molar-refractivity contribution in [1.29, 1.82) is 0 Å². The van der Waals surface area contributed by atoms with Gasteiger partial charge in [-0.15, -0.1) is 0 Å². The number of anilines is 2. The lowest BCUT2D eigenvalue weighted by Crippen LogP contribution is -2.44. The maximum Gasteiger partial charge on any atom is 0.249 e. The van der Waals surface area contributed by atoms with Crippen molar-refractivity contribution >= 4 is 17.3 Å². The summed E-state index contributed by atoms with van der Waals surface area (Å²) in [6.45, 7) is 4.79. The second-order valence-electron chi connectivity index (χ2n) is 7.17. The largest absolute Gasteiger partial charge is 0.378 e. The molecular weight excluding hydrogens is 338 g/mol. The fourth-order valence-corrected chi connectivity index (χ4v) is 3.81. The van der Waals surface area contributed by atoms with Crippen LogP contribution in [0, 0.1) is 0 Å². The third-order valence-corrected chi connectivity index (χ3v) is 5.35. The minimum atomic E-state index is -0.387. The summed E-state index contributed by atoms with van der Waals surface area (Å²) in [5, 5.41) is 3.46. The molecule has 0 unspecified atom stereocenters. The van der Waals surface area contributed by atoms with Crippen LogP contribution in [-0.4, -0.2) is 50.2 Å². The first-order valence-electron chi connectivity index (χ1n) is 9.84. The molecular formula is C22H27N3O2. The molecule has 27 heavy (non-hydrogen) atoms. The van der Waals surface area contributed by atoms with E-state index in [9.17, 15) is 4.79 Å². The van der Waals surface area contributed by atoms with Gasteiger partial charge in [0.1, 0.15) is 6.04 Å². The van der Waals surface area contributed by atoms with Crippen LogP contribution >= 0.6 is 0 Å². The van der Waals surface area contributed by atoms with Crippen molar-refractivity contribution in [2.75, 3.05) is 49.6 Å². The van der Waals surface area contributed by atoms with Gasteiger partial charge in [-0.25, -0.2) is 0 Å². The van der Waals surface area contributed by atoms with Crippen molar-refractivity contribution in [3.63, 3.8) is 0 Å². The first kappa shape index (κ1) is 17.9. The van der Waals surface area contributed by atoms with Crippen molar-refractivity contribution in [2.24, 2.45) is 0 Å². The second-order valence-corrected chi connectivity index (χ2v) is 7.17. The van der Waals surface area contributed by atoms with Crippen LogP contribution < -0.4 is 10.2 Å². The maximum atomic E-state index is 13.2. The number of hydrogen-bond donors (Lipinski definition) is 1. The van der Waals surface area contributed by atoms with Gasteiger partial charge >= 0.3 is 0 Å². The van der Waals surface area contributed by atoms with E-state index in [4.69, 9.17) is 4.74 Å². The molecule has 2 aromatic carbocycles. The highest BCUT2D eigenvalue weighted by atomic mass is 16.5. The summed E-state index contributed by atoms with van der Waals surface area (Å²) in [7, 11) is 0. The Bertz CT molecular complexity index is 736. The number of benzene rings is 2. The minimum Gasteiger partial charge on any atom is -0.378 e. The number of morpholine rings is 1. The van der Waals surface area contributed by atoms with E-state index in [-0.39, 0.29) is 11.9 Å². The molecule has 2 heterocycles. The average molecular weight is 365 g/mol. The van der Waals surface area contributed by atoms with Crippen LogP contribution in [0.25, 0.3) is 0 Å². The van der Waals surface area contributed by atoms with Crippen LogP contribution in [0.15, 0.2) is 54.6 Å². The fourth-order valence-electron chi connectivity index (χ4n) is 3.81. The summed E-state index contributed by atoms with van der Waals surface area (Å²) in [6, 6.07) is 18.0. The normalized spacial score (nSPS) is 18.4. The van der Waals surface area contributed by atoms with Crippen LogP contribution in [0.3, 0.4) is 0 Å². The molecule has 2 saturated heterocycles. The number of carbonyl (C=O) groups is 1. The monoisotopic (exact) mass is 365 g/mol. The summed E-state index contributed by atoms with van der Waals surface area (Å²) in [6.07, 6.45) is 2.54. The van der Waals surface area contributed by atoms with E-state index in [1.807, 2.05) is 35.2 Å². The second kappa shape index (κ2) is 8.44. The van der Waals surface area contributed by atoms with Crippen LogP contribution in [0.5, 0.6) is 0 Å². The summed E-state index contributed by atoms with van der Waals surface area (Å²) < 4.78 is 5.40. The zero-order chi connectivity index (χ0) is 18.5. The average Bonchev–Trinajstić information content (AvgIpc) is 3.28. The Labute approximate surface area is 160 Å². The molecule has 0 spiro atoms. The molecule has 0 bridgehead atoms. The van der Waals surface area contributed by atoms with E-state index in [1.54, 1.807) is 0 Å². The first-order valence-corrected chi connectivity index (χ1v) is 9.84. The highest BCUT2D eigenvalue weighted by Gasteiger charge is 2.27. The van der Waals surface area contributed by atoms with E-state index in [1.165, 1.54) is 18.5 Å². The SMILES string of the molecule is O=C([C@H](Nc1ccc(N2CCCC2)cc1)c1ccccc1)N1CCOCC1. The number of nitrogens with one attached hydrogen (secondary N) is 1. The molecule has 5 nitrogen and oxygen atoms in total. The van der Waals surface area contributed by atoms with Crippen LogP contribution in [0.4, 0.5) is 11.4 Å². The van der Waals surface area contributed by atoms with Crippen molar-refractivity contribution in [3.8, 4) is 0 Å². The van der Waals surface area contributed by atoms with Crippen molar-refractivity contribution < 1.29 is 9.53 Å². The molecule has 5 heteroatoms. The van der Waals surface area contributed by atoms with Gasteiger partial charge < -0.3 is 19.9 Å². The summed E-state index contributed by atoms with van der Waals surface area (Å²) in [5.74, 6) is 0.105. The van der Waals surface area contributed by atoms with E-state index in [0.717, 1.165) is 24.3 Å². The van der Waals surface area contributed by atoms with Gasteiger partial charge in [-0.2, -0.15) is 0 Å². The highest BCUT2D eigenvalue weighted by molar-refractivity contribution is 5.86. The molecule has 0 aromatic heterocycles. The van der Waals surface area contributed by atoms with Crippen LogP contribution in [0.2, 0.25) is 0 Å². The maximum absolute atomic E-state index is 13.2. The van der Waals surface area contributed by atoms with Crippen molar-refractivity contribution in [3.05, 3.63) is 60.2 Å². The molecule has 2 fully saturated rings. The Morgan fingerprint density at radius 3 is 2.22 bits per heavy atom. The van der Waals surface area contributed by atoms with Gasteiger partial charge in [0.2, 0.25) is 5.91 Å².